The highest BCUT2D eigenvalue weighted by Crippen LogP contribution is 2.19. The third-order valence-electron chi connectivity index (χ3n) is 1.95. The summed E-state index contributed by atoms with van der Waals surface area (Å²) >= 11 is 0. The average Bonchev–Trinajstić information content (AvgIpc) is 2.17. The second-order valence-corrected chi connectivity index (χ2v) is 3.13. The lowest BCUT2D eigenvalue weighted by molar-refractivity contribution is 0.162. The summed E-state index contributed by atoms with van der Waals surface area (Å²) in [5, 5.41) is 29.2. The number of aliphatic hydroxyl groups excluding tert-OH is 1. The Morgan fingerprint density at radius 3 is 2.80 bits per heavy atom. The molecule has 1 rings (SSSR count). The van der Waals surface area contributed by atoms with Gasteiger partial charge >= 0.3 is 6.09 Å². The highest BCUT2D eigenvalue weighted by atomic mass is 16.4. The molecular formula is C10H13NO4. The van der Waals surface area contributed by atoms with Gasteiger partial charge in [0.2, 0.25) is 0 Å². The Labute approximate surface area is 87.0 Å². The second-order valence-electron chi connectivity index (χ2n) is 3.13. The van der Waals surface area contributed by atoms with Crippen LogP contribution in [0.15, 0.2) is 24.3 Å². The van der Waals surface area contributed by atoms with Gasteiger partial charge in [0, 0.05) is 6.54 Å². The fourth-order valence-corrected chi connectivity index (χ4v) is 1.21. The number of rotatable bonds is 4. The molecule has 0 heterocycles. The van der Waals surface area contributed by atoms with Crippen LogP contribution >= 0.6 is 0 Å². The van der Waals surface area contributed by atoms with E-state index in [9.17, 15) is 9.90 Å². The van der Waals surface area contributed by atoms with E-state index in [1.807, 2.05) is 0 Å². The number of carboxylic acid groups (broad SMARTS) is 1. The van der Waals surface area contributed by atoms with Gasteiger partial charge in [-0.1, -0.05) is 12.1 Å². The zero-order valence-electron chi connectivity index (χ0n) is 8.05. The minimum atomic E-state index is -1.11. The zero-order chi connectivity index (χ0) is 11.3. The molecule has 15 heavy (non-hydrogen) atoms. The molecule has 1 aromatic rings. The summed E-state index contributed by atoms with van der Waals surface area (Å²) in [5.41, 5.74) is 0.571. The van der Waals surface area contributed by atoms with E-state index in [1.165, 1.54) is 12.1 Å². The largest absolute Gasteiger partial charge is 0.508 e. The molecule has 0 bridgehead atoms. The van der Waals surface area contributed by atoms with E-state index in [0.717, 1.165) is 0 Å². The fraction of sp³-hybridized carbons (Fsp3) is 0.300. The number of hydrogen-bond acceptors (Lipinski definition) is 3. The van der Waals surface area contributed by atoms with Crippen molar-refractivity contribution in [1.82, 2.24) is 5.32 Å². The van der Waals surface area contributed by atoms with Gasteiger partial charge in [-0.05, 0) is 24.1 Å². The smallest absolute Gasteiger partial charge is 0.404 e. The molecule has 0 fully saturated rings. The SMILES string of the molecule is O=C(O)NCCC(O)c1cccc(O)c1. The molecule has 4 N–H and O–H groups in total. The Balaban J connectivity index is 2.46. The van der Waals surface area contributed by atoms with Crippen molar-refractivity contribution >= 4 is 6.09 Å². The van der Waals surface area contributed by atoms with Gasteiger partial charge in [-0.15, -0.1) is 0 Å². The molecule has 0 aromatic heterocycles. The summed E-state index contributed by atoms with van der Waals surface area (Å²) in [4.78, 5) is 10.1. The number of phenols is 1. The third-order valence-corrected chi connectivity index (χ3v) is 1.95. The Kier molecular flexibility index (Phi) is 3.93. The maximum atomic E-state index is 10.1. The minimum Gasteiger partial charge on any atom is -0.508 e. The Hall–Kier alpha value is -1.75. The maximum Gasteiger partial charge on any atom is 0.404 e. The van der Waals surface area contributed by atoms with Crippen LogP contribution < -0.4 is 5.32 Å². The number of amides is 1. The highest BCUT2D eigenvalue weighted by molar-refractivity contribution is 5.64. The first-order valence-electron chi connectivity index (χ1n) is 4.53. The van der Waals surface area contributed by atoms with E-state index in [-0.39, 0.29) is 18.7 Å². The van der Waals surface area contributed by atoms with Crippen LogP contribution in [0.4, 0.5) is 4.79 Å². The number of hydrogen-bond donors (Lipinski definition) is 4. The maximum absolute atomic E-state index is 10.1. The van der Waals surface area contributed by atoms with E-state index >= 15 is 0 Å². The first-order valence-corrected chi connectivity index (χ1v) is 4.53. The molecule has 0 aliphatic heterocycles. The fourth-order valence-electron chi connectivity index (χ4n) is 1.21. The van der Waals surface area contributed by atoms with Crippen LogP contribution in [-0.2, 0) is 0 Å². The minimum absolute atomic E-state index is 0.0812. The third kappa shape index (κ3) is 3.86. The first kappa shape index (κ1) is 11.3. The molecule has 0 radical (unpaired) electrons. The van der Waals surface area contributed by atoms with Gasteiger partial charge in [-0.2, -0.15) is 0 Å². The lowest BCUT2D eigenvalue weighted by atomic mass is 10.1. The summed E-state index contributed by atoms with van der Waals surface area (Å²) in [6, 6.07) is 6.25. The van der Waals surface area contributed by atoms with E-state index in [1.54, 1.807) is 12.1 Å². The lowest BCUT2D eigenvalue weighted by Gasteiger charge is -2.10. The van der Waals surface area contributed by atoms with Gasteiger partial charge in [0.1, 0.15) is 5.75 Å². The summed E-state index contributed by atoms with van der Waals surface area (Å²) < 4.78 is 0. The normalized spacial score (nSPS) is 12.1. The molecule has 0 spiro atoms. The first-order chi connectivity index (χ1) is 7.09. The van der Waals surface area contributed by atoms with Crippen LogP contribution in [0, 0.1) is 0 Å². The van der Waals surface area contributed by atoms with Gasteiger partial charge in [-0.25, -0.2) is 4.79 Å². The molecule has 0 saturated heterocycles. The van der Waals surface area contributed by atoms with Crippen molar-refractivity contribution in [2.24, 2.45) is 0 Å². The molecule has 82 valence electrons. The standard InChI is InChI=1S/C10H13NO4/c12-8-3-1-2-7(6-8)9(13)4-5-11-10(14)15/h1-3,6,9,11-13H,4-5H2,(H,14,15). The molecule has 5 nitrogen and oxygen atoms in total. The summed E-state index contributed by atoms with van der Waals surface area (Å²) in [7, 11) is 0. The number of aromatic hydroxyl groups is 1. The van der Waals surface area contributed by atoms with Gasteiger partial charge in [-0.3, -0.25) is 0 Å². The molecule has 5 heteroatoms. The summed E-state index contributed by atoms with van der Waals surface area (Å²) in [6.07, 6.45) is -1.61. The molecule has 1 unspecified atom stereocenters. The number of aliphatic hydroxyl groups is 1. The highest BCUT2D eigenvalue weighted by Gasteiger charge is 2.08. The van der Waals surface area contributed by atoms with Gasteiger partial charge in [0.15, 0.2) is 0 Å². The van der Waals surface area contributed by atoms with Crippen molar-refractivity contribution in [3.05, 3.63) is 29.8 Å². The monoisotopic (exact) mass is 211 g/mol. The van der Waals surface area contributed by atoms with E-state index in [0.29, 0.717) is 5.56 Å². The van der Waals surface area contributed by atoms with Gasteiger partial charge in [0.25, 0.3) is 0 Å². The van der Waals surface area contributed by atoms with Crippen LogP contribution in [-0.4, -0.2) is 28.0 Å². The lowest BCUT2D eigenvalue weighted by Crippen LogP contribution is -2.23. The summed E-state index contributed by atoms with van der Waals surface area (Å²) in [5.74, 6) is 0.0812. The molecular weight excluding hydrogens is 198 g/mol. The topological polar surface area (TPSA) is 89.8 Å². The van der Waals surface area contributed by atoms with Crippen molar-refractivity contribution in [2.45, 2.75) is 12.5 Å². The van der Waals surface area contributed by atoms with E-state index in [4.69, 9.17) is 10.2 Å². The van der Waals surface area contributed by atoms with Crippen LogP contribution in [0.2, 0.25) is 0 Å². The van der Waals surface area contributed by atoms with Crippen LogP contribution in [0.1, 0.15) is 18.1 Å². The van der Waals surface area contributed by atoms with Gasteiger partial charge < -0.3 is 20.6 Å². The van der Waals surface area contributed by atoms with Crippen molar-refractivity contribution in [1.29, 1.82) is 0 Å². The molecule has 1 atom stereocenters. The van der Waals surface area contributed by atoms with E-state index < -0.39 is 12.2 Å². The Morgan fingerprint density at radius 1 is 1.47 bits per heavy atom. The van der Waals surface area contributed by atoms with Crippen LogP contribution in [0.5, 0.6) is 5.75 Å². The van der Waals surface area contributed by atoms with Crippen LogP contribution in [0.3, 0.4) is 0 Å². The van der Waals surface area contributed by atoms with Crippen molar-refractivity contribution in [3.63, 3.8) is 0 Å². The van der Waals surface area contributed by atoms with Crippen molar-refractivity contribution in [3.8, 4) is 5.75 Å². The predicted molar refractivity (Wildman–Crippen MR) is 53.7 cm³/mol. The number of benzene rings is 1. The van der Waals surface area contributed by atoms with Crippen molar-refractivity contribution in [2.75, 3.05) is 6.54 Å². The Bertz CT molecular complexity index is 340. The molecule has 1 amide bonds. The molecule has 1 aromatic carbocycles. The number of carbonyl (C=O) groups is 1. The second kappa shape index (κ2) is 5.21. The van der Waals surface area contributed by atoms with E-state index in [2.05, 4.69) is 5.32 Å². The van der Waals surface area contributed by atoms with Crippen LogP contribution in [0.25, 0.3) is 0 Å². The molecule has 0 aliphatic carbocycles. The molecule has 0 saturated carbocycles. The summed E-state index contributed by atoms with van der Waals surface area (Å²) in [6.45, 7) is 0.173. The number of phenolic OH excluding ortho intramolecular Hbond substituents is 1. The number of nitrogens with one attached hydrogen (secondary N) is 1. The van der Waals surface area contributed by atoms with Gasteiger partial charge in [0.05, 0.1) is 6.10 Å². The Morgan fingerprint density at radius 2 is 2.20 bits per heavy atom. The average molecular weight is 211 g/mol. The molecule has 0 aliphatic rings. The zero-order valence-corrected chi connectivity index (χ0v) is 8.05. The quantitative estimate of drug-likeness (QED) is 0.600. The predicted octanol–water partition coefficient (Wildman–Crippen LogP) is 1.08. The van der Waals surface area contributed by atoms with Crippen molar-refractivity contribution < 1.29 is 20.1 Å².